The molecule has 0 aliphatic heterocycles. The van der Waals surface area contributed by atoms with Gasteiger partial charge in [-0.15, -0.1) is 5.10 Å². The van der Waals surface area contributed by atoms with Crippen LogP contribution in [0.25, 0.3) is 11.4 Å². The largest absolute Gasteiger partial charge is 0.496 e. The molecule has 2 aromatic heterocycles. The van der Waals surface area contributed by atoms with Gasteiger partial charge in [0, 0.05) is 29.7 Å². The summed E-state index contributed by atoms with van der Waals surface area (Å²) in [6.07, 6.45) is 2.71. The number of rotatable bonds is 6. The monoisotopic (exact) mass is 349 g/mol. The zero-order valence-electron chi connectivity index (χ0n) is 12.8. The number of nitrogens with one attached hydrogen (secondary N) is 1. The molecule has 0 fully saturated rings. The Balaban J connectivity index is 1.68. The fourth-order valence-corrected chi connectivity index (χ4v) is 3.12. The van der Waals surface area contributed by atoms with E-state index in [4.69, 9.17) is 16.3 Å². The highest BCUT2D eigenvalue weighted by Crippen LogP contribution is 2.31. The first kappa shape index (κ1) is 15.9. The number of benzene rings is 1. The minimum absolute atomic E-state index is 0.627. The summed E-state index contributed by atoms with van der Waals surface area (Å²) in [7, 11) is 3.56. The maximum atomic E-state index is 6.05. The summed E-state index contributed by atoms with van der Waals surface area (Å²) in [5, 5.41) is 12.7. The number of thioether (sulfide) groups is 1. The van der Waals surface area contributed by atoms with Crippen LogP contribution in [0, 0.1) is 0 Å². The van der Waals surface area contributed by atoms with Gasteiger partial charge >= 0.3 is 0 Å². The van der Waals surface area contributed by atoms with Crippen molar-refractivity contribution < 1.29 is 4.74 Å². The van der Waals surface area contributed by atoms with E-state index in [-0.39, 0.29) is 0 Å². The van der Waals surface area contributed by atoms with Crippen molar-refractivity contribution in [3.8, 4) is 17.1 Å². The van der Waals surface area contributed by atoms with E-state index >= 15 is 0 Å². The maximum Gasteiger partial charge on any atom is 0.208 e. The van der Waals surface area contributed by atoms with Crippen molar-refractivity contribution in [1.29, 1.82) is 0 Å². The van der Waals surface area contributed by atoms with Crippen molar-refractivity contribution >= 4 is 23.4 Å². The van der Waals surface area contributed by atoms with Gasteiger partial charge in [-0.2, -0.15) is 5.10 Å². The number of aromatic amines is 1. The second-order valence-corrected chi connectivity index (χ2v) is 6.35. The quantitative estimate of drug-likeness (QED) is 0.692. The van der Waals surface area contributed by atoms with Gasteiger partial charge in [0.25, 0.3) is 0 Å². The SMILES string of the molecule is COc1ccc(Cl)cc1-c1nc(SCCc2ccnn2C)n[nH]1. The Labute approximate surface area is 143 Å². The lowest BCUT2D eigenvalue weighted by Crippen LogP contribution is -1.99. The number of halogens is 1. The number of aryl methyl sites for hydroxylation is 2. The topological polar surface area (TPSA) is 68.6 Å². The molecular weight excluding hydrogens is 334 g/mol. The average Bonchev–Trinajstić information content (AvgIpc) is 3.17. The molecule has 0 amide bonds. The van der Waals surface area contributed by atoms with E-state index in [0.29, 0.717) is 21.8 Å². The molecule has 23 heavy (non-hydrogen) atoms. The normalized spacial score (nSPS) is 10.9. The summed E-state index contributed by atoms with van der Waals surface area (Å²) in [6.45, 7) is 0. The maximum absolute atomic E-state index is 6.05. The predicted molar refractivity (Wildman–Crippen MR) is 91.0 cm³/mol. The van der Waals surface area contributed by atoms with Crippen molar-refractivity contribution in [2.45, 2.75) is 11.6 Å². The molecule has 0 saturated carbocycles. The van der Waals surface area contributed by atoms with E-state index in [9.17, 15) is 0 Å². The van der Waals surface area contributed by atoms with Gasteiger partial charge in [0.2, 0.25) is 5.16 Å². The molecular formula is C15H16ClN5OS. The number of hydrogen-bond acceptors (Lipinski definition) is 5. The Morgan fingerprint density at radius 2 is 2.22 bits per heavy atom. The van der Waals surface area contributed by atoms with Crippen LogP contribution in [0.3, 0.4) is 0 Å². The second kappa shape index (κ2) is 7.06. The van der Waals surface area contributed by atoms with E-state index in [1.807, 2.05) is 29.9 Å². The van der Waals surface area contributed by atoms with Gasteiger partial charge in [-0.1, -0.05) is 23.4 Å². The van der Waals surface area contributed by atoms with Crippen LogP contribution < -0.4 is 4.74 Å². The van der Waals surface area contributed by atoms with Crippen LogP contribution in [0.2, 0.25) is 5.02 Å². The van der Waals surface area contributed by atoms with Gasteiger partial charge in [-0.05, 0) is 30.7 Å². The molecule has 120 valence electrons. The summed E-state index contributed by atoms with van der Waals surface area (Å²) in [4.78, 5) is 4.51. The van der Waals surface area contributed by atoms with E-state index in [1.165, 1.54) is 5.69 Å². The lowest BCUT2D eigenvalue weighted by Gasteiger charge is -2.05. The smallest absolute Gasteiger partial charge is 0.208 e. The summed E-state index contributed by atoms with van der Waals surface area (Å²) >= 11 is 7.65. The van der Waals surface area contributed by atoms with Crippen molar-refractivity contribution in [2.75, 3.05) is 12.9 Å². The van der Waals surface area contributed by atoms with E-state index < -0.39 is 0 Å². The van der Waals surface area contributed by atoms with Crippen LogP contribution in [-0.2, 0) is 13.5 Å². The third-order valence-electron chi connectivity index (χ3n) is 3.39. The standard InChI is InChI=1S/C15H16ClN5OS/c1-21-11(5-7-17-21)6-8-23-15-18-14(19-20-15)12-9-10(16)3-4-13(12)22-2/h3-5,7,9H,6,8H2,1-2H3,(H,18,19,20). The Morgan fingerprint density at radius 3 is 2.96 bits per heavy atom. The molecule has 0 radical (unpaired) electrons. The first-order valence-electron chi connectivity index (χ1n) is 7.03. The van der Waals surface area contributed by atoms with E-state index in [2.05, 4.69) is 20.3 Å². The van der Waals surface area contributed by atoms with Gasteiger partial charge < -0.3 is 4.74 Å². The van der Waals surface area contributed by atoms with Gasteiger partial charge in [-0.25, -0.2) is 4.98 Å². The molecule has 6 nitrogen and oxygen atoms in total. The van der Waals surface area contributed by atoms with Crippen LogP contribution in [-0.4, -0.2) is 37.8 Å². The highest BCUT2D eigenvalue weighted by Gasteiger charge is 2.12. The first-order chi connectivity index (χ1) is 11.2. The molecule has 1 N–H and O–H groups in total. The highest BCUT2D eigenvalue weighted by molar-refractivity contribution is 7.99. The van der Waals surface area contributed by atoms with Crippen LogP contribution in [0.5, 0.6) is 5.75 Å². The molecule has 0 atom stereocenters. The number of hydrogen-bond donors (Lipinski definition) is 1. The van der Waals surface area contributed by atoms with Gasteiger partial charge in [0.05, 0.1) is 12.7 Å². The van der Waals surface area contributed by atoms with E-state index in [1.54, 1.807) is 31.1 Å². The number of ether oxygens (including phenoxy) is 1. The molecule has 0 unspecified atom stereocenters. The Hall–Kier alpha value is -1.99. The number of H-pyrrole nitrogens is 1. The fourth-order valence-electron chi connectivity index (χ4n) is 2.19. The molecule has 0 spiro atoms. The lowest BCUT2D eigenvalue weighted by atomic mass is 10.2. The van der Waals surface area contributed by atoms with Crippen molar-refractivity contribution in [2.24, 2.45) is 7.05 Å². The van der Waals surface area contributed by atoms with Gasteiger partial charge in [-0.3, -0.25) is 9.78 Å². The van der Waals surface area contributed by atoms with Crippen LogP contribution >= 0.6 is 23.4 Å². The molecule has 0 aliphatic carbocycles. The number of nitrogens with zero attached hydrogens (tertiary/aromatic N) is 4. The summed E-state index contributed by atoms with van der Waals surface area (Å²) in [5.41, 5.74) is 1.98. The Kier molecular flexibility index (Phi) is 4.88. The van der Waals surface area contributed by atoms with Crippen molar-refractivity contribution in [3.05, 3.63) is 41.2 Å². The summed E-state index contributed by atoms with van der Waals surface area (Å²) in [5.74, 6) is 2.23. The van der Waals surface area contributed by atoms with Crippen LogP contribution in [0.1, 0.15) is 5.69 Å². The molecule has 0 saturated heterocycles. The highest BCUT2D eigenvalue weighted by atomic mass is 35.5. The van der Waals surface area contributed by atoms with Crippen LogP contribution in [0.4, 0.5) is 0 Å². The number of methoxy groups -OCH3 is 1. The lowest BCUT2D eigenvalue weighted by molar-refractivity contribution is 0.416. The summed E-state index contributed by atoms with van der Waals surface area (Å²) in [6, 6.07) is 7.42. The molecule has 1 aromatic carbocycles. The Bertz CT molecular complexity index is 801. The second-order valence-electron chi connectivity index (χ2n) is 4.86. The predicted octanol–water partition coefficient (Wildman–Crippen LogP) is 3.20. The van der Waals surface area contributed by atoms with Gasteiger partial charge in [0.1, 0.15) is 5.75 Å². The summed E-state index contributed by atoms with van der Waals surface area (Å²) < 4.78 is 7.22. The molecule has 2 heterocycles. The minimum Gasteiger partial charge on any atom is -0.496 e. The van der Waals surface area contributed by atoms with E-state index in [0.717, 1.165) is 17.7 Å². The molecule has 0 bridgehead atoms. The van der Waals surface area contributed by atoms with Crippen molar-refractivity contribution in [3.63, 3.8) is 0 Å². The third-order valence-corrected chi connectivity index (χ3v) is 4.48. The average molecular weight is 350 g/mol. The first-order valence-corrected chi connectivity index (χ1v) is 8.39. The molecule has 8 heteroatoms. The number of aromatic nitrogens is 5. The Morgan fingerprint density at radius 1 is 1.35 bits per heavy atom. The molecule has 3 aromatic rings. The fraction of sp³-hybridized carbons (Fsp3) is 0.267. The van der Waals surface area contributed by atoms with Crippen molar-refractivity contribution in [1.82, 2.24) is 25.0 Å². The van der Waals surface area contributed by atoms with Crippen LogP contribution in [0.15, 0.2) is 35.6 Å². The van der Waals surface area contributed by atoms with Gasteiger partial charge in [0.15, 0.2) is 5.82 Å². The molecule has 0 aliphatic rings. The third kappa shape index (κ3) is 3.68. The molecule has 3 rings (SSSR count). The minimum atomic E-state index is 0.627. The zero-order valence-corrected chi connectivity index (χ0v) is 14.4. The zero-order chi connectivity index (χ0) is 16.2.